The van der Waals surface area contributed by atoms with Gasteiger partial charge in [-0.25, -0.2) is 13.1 Å². The van der Waals surface area contributed by atoms with Crippen LogP contribution in [-0.4, -0.2) is 65.0 Å². The number of nitrogens with one attached hydrogen (secondary N) is 3. The molecule has 0 unspecified atom stereocenters. The van der Waals surface area contributed by atoms with E-state index in [1.807, 2.05) is 19.1 Å². The van der Waals surface area contributed by atoms with Crippen LogP contribution in [0.25, 0.3) is 0 Å². The molecule has 0 bridgehead atoms. The molecule has 9 heteroatoms. The molecule has 0 spiro atoms. The summed E-state index contributed by atoms with van der Waals surface area (Å²) >= 11 is 0. The number of benzene rings is 1. The molecule has 1 amide bonds. The highest BCUT2D eigenvalue weighted by Crippen LogP contribution is 2.21. The van der Waals surface area contributed by atoms with Crippen molar-refractivity contribution in [2.45, 2.75) is 38.5 Å². The van der Waals surface area contributed by atoms with E-state index in [9.17, 15) is 13.2 Å². The first-order chi connectivity index (χ1) is 12.8. The van der Waals surface area contributed by atoms with E-state index in [4.69, 9.17) is 0 Å². The van der Waals surface area contributed by atoms with Gasteiger partial charge in [-0.1, -0.05) is 17.7 Å². The van der Waals surface area contributed by atoms with E-state index in [0.29, 0.717) is 11.4 Å². The Hall–Kier alpha value is -1.19. The maximum atomic E-state index is 12.5. The smallest absolute Gasteiger partial charge is 0.241 e. The van der Waals surface area contributed by atoms with E-state index in [-0.39, 0.29) is 31.3 Å². The third-order valence-corrected chi connectivity index (χ3v) is 6.47. The number of rotatable bonds is 9. The fraction of sp³-hybridized carbons (Fsp3) is 0.632. The van der Waals surface area contributed by atoms with Gasteiger partial charge in [0.2, 0.25) is 15.9 Å². The first-order valence-electron chi connectivity index (χ1n) is 9.57. The van der Waals surface area contributed by atoms with Gasteiger partial charge in [0.1, 0.15) is 0 Å². The van der Waals surface area contributed by atoms with Gasteiger partial charge >= 0.3 is 0 Å². The van der Waals surface area contributed by atoms with Crippen LogP contribution in [0.15, 0.2) is 17.0 Å². The van der Waals surface area contributed by atoms with Crippen LogP contribution >= 0.6 is 12.4 Å². The SMILES string of the molecule is Cc1cc(C)c(S(=O)(=O)NCCC(=O)NCCCN2CCNCC2)c(C)c1.Cl. The second kappa shape index (κ2) is 11.7. The molecular weight excluding hydrogens is 400 g/mol. The summed E-state index contributed by atoms with van der Waals surface area (Å²) in [5, 5.41) is 6.18. The Morgan fingerprint density at radius 3 is 2.32 bits per heavy atom. The number of nitrogens with zero attached hydrogens (tertiary/aromatic N) is 1. The molecule has 0 atom stereocenters. The molecule has 0 aromatic heterocycles. The summed E-state index contributed by atoms with van der Waals surface area (Å²) in [7, 11) is -3.62. The standard InChI is InChI=1S/C19H32N4O3S.ClH/c1-15-13-16(2)19(17(3)14-15)27(25,26)22-7-5-18(24)21-6-4-10-23-11-8-20-9-12-23;/h13-14,20,22H,4-12H2,1-3H3,(H,21,24);1H. The van der Waals surface area contributed by atoms with E-state index in [2.05, 4.69) is 20.3 Å². The van der Waals surface area contributed by atoms with Crippen LogP contribution in [0.4, 0.5) is 0 Å². The second-order valence-electron chi connectivity index (χ2n) is 7.17. The van der Waals surface area contributed by atoms with Crippen molar-refractivity contribution in [3.05, 3.63) is 28.8 Å². The molecule has 3 N–H and O–H groups in total. The van der Waals surface area contributed by atoms with E-state index >= 15 is 0 Å². The monoisotopic (exact) mass is 432 g/mol. The second-order valence-corrected chi connectivity index (χ2v) is 8.87. The lowest BCUT2D eigenvalue weighted by Crippen LogP contribution is -2.44. The Bertz CT molecular complexity index is 727. The summed E-state index contributed by atoms with van der Waals surface area (Å²) in [5.74, 6) is -0.129. The highest BCUT2D eigenvalue weighted by Gasteiger charge is 2.19. The molecule has 1 heterocycles. The molecule has 1 aromatic carbocycles. The lowest BCUT2D eigenvalue weighted by Gasteiger charge is -2.27. The van der Waals surface area contributed by atoms with Crippen LogP contribution in [0.5, 0.6) is 0 Å². The van der Waals surface area contributed by atoms with Gasteiger partial charge in [-0.2, -0.15) is 0 Å². The van der Waals surface area contributed by atoms with Crippen molar-refractivity contribution in [2.75, 3.05) is 45.8 Å². The van der Waals surface area contributed by atoms with Crippen LogP contribution in [0.3, 0.4) is 0 Å². The quantitative estimate of drug-likeness (QED) is 0.508. The maximum absolute atomic E-state index is 12.5. The molecule has 1 aliphatic heterocycles. The van der Waals surface area contributed by atoms with Crippen LogP contribution < -0.4 is 15.4 Å². The summed E-state index contributed by atoms with van der Waals surface area (Å²) < 4.78 is 27.6. The summed E-state index contributed by atoms with van der Waals surface area (Å²) in [6.45, 7) is 11.3. The lowest BCUT2D eigenvalue weighted by molar-refractivity contribution is -0.120. The number of hydrogen-bond acceptors (Lipinski definition) is 5. The summed E-state index contributed by atoms with van der Waals surface area (Å²) in [6, 6.07) is 3.71. The van der Waals surface area contributed by atoms with Gasteiger partial charge in [0, 0.05) is 45.7 Å². The average molecular weight is 433 g/mol. The Morgan fingerprint density at radius 1 is 1.11 bits per heavy atom. The fourth-order valence-corrected chi connectivity index (χ4v) is 5.00. The maximum Gasteiger partial charge on any atom is 0.241 e. The number of halogens is 1. The van der Waals surface area contributed by atoms with Crippen LogP contribution in [0.2, 0.25) is 0 Å². The largest absolute Gasteiger partial charge is 0.356 e. The van der Waals surface area contributed by atoms with Gasteiger partial charge in [-0.15, -0.1) is 12.4 Å². The molecule has 1 aliphatic rings. The van der Waals surface area contributed by atoms with Crippen molar-refractivity contribution >= 4 is 28.3 Å². The molecule has 0 radical (unpaired) electrons. The minimum absolute atomic E-state index is 0. The van der Waals surface area contributed by atoms with Gasteiger partial charge in [0.15, 0.2) is 0 Å². The minimum atomic E-state index is -3.62. The average Bonchev–Trinajstić information content (AvgIpc) is 2.58. The van der Waals surface area contributed by atoms with Crippen molar-refractivity contribution in [3.8, 4) is 0 Å². The van der Waals surface area contributed by atoms with Gasteiger partial charge in [-0.05, 0) is 44.9 Å². The Morgan fingerprint density at radius 2 is 1.71 bits per heavy atom. The first kappa shape index (κ1) is 24.8. The summed E-state index contributed by atoms with van der Waals surface area (Å²) in [6.07, 6.45) is 1.04. The third kappa shape index (κ3) is 7.67. The minimum Gasteiger partial charge on any atom is -0.356 e. The van der Waals surface area contributed by atoms with Crippen LogP contribution in [-0.2, 0) is 14.8 Å². The third-order valence-electron chi connectivity index (χ3n) is 4.70. The van der Waals surface area contributed by atoms with Gasteiger partial charge in [0.25, 0.3) is 0 Å². The zero-order chi connectivity index (χ0) is 19.9. The number of amides is 1. The van der Waals surface area contributed by atoms with Crippen LogP contribution in [0, 0.1) is 20.8 Å². The molecule has 28 heavy (non-hydrogen) atoms. The topological polar surface area (TPSA) is 90.5 Å². The predicted octanol–water partition coefficient (Wildman–Crippen LogP) is 1.11. The molecule has 0 saturated carbocycles. The van der Waals surface area contributed by atoms with Crippen molar-refractivity contribution in [2.24, 2.45) is 0 Å². The van der Waals surface area contributed by atoms with Crippen molar-refractivity contribution in [3.63, 3.8) is 0 Å². The van der Waals surface area contributed by atoms with Gasteiger partial charge in [0.05, 0.1) is 4.90 Å². The highest BCUT2D eigenvalue weighted by atomic mass is 35.5. The molecule has 7 nitrogen and oxygen atoms in total. The predicted molar refractivity (Wildman–Crippen MR) is 115 cm³/mol. The number of hydrogen-bond donors (Lipinski definition) is 3. The molecular formula is C19H33ClN4O3S. The molecule has 1 saturated heterocycles. The zero-order valence-electron chi connectivity index (χ0n) is 17.0. The molecule has 1 aromatic rings. The Kier molecular flexibility index (Phi) is 10.4. The van der Waals surface area contributed by atoms with E-state index < -0.39 is 10.0 Å². The molecule has 2 rings (SSSR count). The first-order valence-corrected chi connectivity index (χ1v) is 11.1. The number of carbonyl (C=O) groups excluding carboxylic acids is 1. The highest BCUT2D eigenvalue weighted by molar-refractivity contribution is 7.89. The zero-order valence-corrected chi connectivity index (χ0v) is 18.6. The number of aryl methyl sites for hydroxylation is 3. The Labute approximate surface area is 175 Å². The summed E-state index contributed by atoms with van der Waals surface area (Å²) in [5.41, 5.74) is 2.47. The van der Waals surface area contributed by atoms with E-state index in [0.717, 1.165) is 55.8 Å². The van der Waals surface area contributed by atoms with Gasteiger partial charge < -0.3 is 15.5 Å². The number of sulfonamides is 1. The van der Waals surface area contributed by atoms with Gasteiger partial charge in [-0.3, -0.25) is 4.79 Å². The molecule has 0 aliphatic carbocycles. The van der Waals surface area contributed by atoms with Crippen molar-refractivity contribution in [1.82, 2.24) is 20.3 Å². The Balaban J connectivity index is 0.00000392. The van der Waals surface area contributed by atoms with Crippen molar-refractivity contribution in [1.29, 1.82) is 0 Å². The lowest BCUT2D eigenvalue weighted by atomic mass is 10.1. The summed E-state index contributed by atoms with van der Waals surface area (Å²) in [4.78, 5) is 14.6. The molecule has 1 fully saturated rings. The van der Waals surface area contributed by atoms with Crippen molar-refractivity contribution < 1.29 is 13.2 Å². The van der Waals surface area contributed by atoms with E-state index in [1.165, 1.54) is 0 Å². The van der Waals surface area contributed by atoms with E-state index in [1.54, 1.807) is 13.8 Å². The number of piperazine rings is 1. The molecule has 160 valence electrons. The fourth-order valence-electron chi connectivity index (χ4n) is 3.52. The van der Waals surface area contributed by atoms with Crippen LogP contribution in [0.1, 0.15) is 29.5 Å². The normalized spacial score (nSPS) is 15.1. The number of carbonyl (C=O) groups is 1.